The van der Waals surface area contributed by atoms with Crippen molar-refractivity contribution in [2.45, 2.75) is 39.2 Å². The summed E-state index contributed by atoms with van der Waals surface area (Å²) in [6.45, 7) is 3.65. The number of carbonyl (C=O) groups is 2. The number of benzene rings is 1. The van der Waals surface area contributed by atoms with Crippen molar-refractivity contribution in [1.29, 1.82) is 0 Å². The average Bonchev–Trinajstić information content (AvgIpc) is 2.89. The number of halogens is 3. The van der Waals surface area contributed by atoms with Crippen molar-refractivity contribution in [2.75, 3.05) is 26.0 Å². The first-order chi connectivity index (χ1) is 18.1. The van der Waals surface area contributed by atoms with Crippen LogP contribution < -0.4 is 5.32 Å². The lowest BCUT2D eigenvalue weighted by Crippen LogP contribution is -2.26. The van der Waals surface area contributed by atoms with Crippen molar-refractivity contribution >= 4 is 17.5 Å². The molecule has 10 heteroatoms. The molecule has 1 fully saturated rings. The van der Waals surface area contributed by atoms with Crippen LogP contribution in [0.2, 0.25) is 0 Å². The molecule has 1 aliphatic rings. The number of aromatic nitrogens is 2. The van der Waals surface area contributed by atoms with E-state index in [1.54, 1.807) is 26.0 Å². The molecular weight excluding hydrogens is 497 g/mol. The van der Waals surface area contributed by atoms with Crippen molar-refractivity contribution in [3.05, 3.63) is 65.4 Å². The summed E-state index contributed by atoms with van der Waals surface area (Å²) in [5.74, 6) is -4.69. The highest BCUT2D eigenvalue weighted by molar-refractivity contribution is 6.00. The van der Waals surface area contributed by atoms with Crippen LogP contribution in [-0.4, -0.2) is 47.4 Å². The molecule has 0 radical (unpaired) electrons. The number of hydrogen-bond acceptors (Lipinski definition) is 5. The molecule has 3 aromatic rings. The van der Waals surface area contributed by atoms with E-state index in [0.717, 1.165) is 25.0 Å². The Morgan fingerprint density at radius 1 is 1.11 bits per heavy atom. The van der Waals surface area contributed by atoms with Crippen molar-refractivity contribution in [3.8, 4) is 22.4 Å². The van der Waals surface area contributed by atoms with Gasteiger partial charge in [0.25, 0.3) is 5.91 Å². The number of hydrogen-bond donors (Lipinski definition) is 1. The van der Waals surface area contributed by atoms with E-state index in [1.165, 1.54) is 31.4 Å². The van der Waals surface area contributed by atoms with Crippen LogP contribution in [0.3, 0.4) is 0 Å². The van der Waals surface area contributed by atoms with E-state index in [1.807, 2.05) is 0 Å². The fourth-order valence-electron chi connectivity index (χ4n) is 4.35. The van der Waals surface area contributed by atoms with Gasteiger partial charge in [-0.05, 0) is 37.5 Å². The van der Waals surface area contributed by atoms with Gasteiger partial charge < -0.3 is 15.0 Å². The summed E-state index contributed by atoms with van der Waals surface area (Å²) < 4.78 is 53.1. The van der Waals surface area contributed by atoms with Gasteiger partial charge in [-0.1, -0.05) is 19.9 Å². The number of amides is 2. The third kappa shape index (κ3) is 5.40. The summed E-state index contributed by atoms with van der Waals surface area (Å²) in [6.07, 6.45) is 4.24. The van der Waals surface area contributed by atoms with Crippen LogP contribution in [0, 0.1) is 23.4 Å². The van der Waals surface area contributed by atoms with Crippen molar-refractivity contribution in [1.82, 2.24) is 14.9 Å². The standard InChI is InChI=1S/C28H29F3N4O3/c1-15(2)27(36)33-17-12-18(29)22(19(30)13-17)25-24(31)23(20-9-5-6-11-38-20)21(16-8-7-10-32-14-16)26(34-25)28(37)35(3)4/h7-8,10,12-15,20H,5-6,9,11H2,1-4H3,(H,33,36). The van der Waals surface area contributed by atoms with Crippen molar-refractivity contribution in [2.24, 2.45) is 5.92 Å². The zero-order chi connectivity index (χ0) is 27.6. The summed E-state index contributed by atoms with van der Waals surface area (Å²) in [4.78, 5) is 34.9. The Labute approximate surface area is 219 Å². The lowest BCUT2D eigenvalue weighted by molar-refractivity contribution is -0.118. The summed E-state index contributed by atoms with van der Waals surface area (Å²) in [7, 11) is 3.01. The van der Waals surface area contributed by atoms with E-state index in [2.05, 4.69) is 15.3 Å². The Kier molecular flexibility index (Phi) is 8.11. The van der Waals surface area contributed by atoms with Gasteiger partial charge in [-0.25, -0.2) is 18.2 Å². The van der Waals surface area contributed by atoms with E-state index in [4.69, 9.17) is 4.74 Å². The molecule has 2 aromatic heterocycles. The van der Waals surface area contributed by atoms with Gasteiger partial charge in [-0.2, -0.15) is 0 Å². The number of carbonyl (C=O) groups excluding carboxylic acids is 2. The van der Waals surface area contributed by atoms with E-state index in [0.29, 0.717) is 18.6 Å². The first-order valence-corrected chi connectivity index (χ1v) is 12.4. The third-order valence-electron chi connectivity index (χ3n) is 6.31. The van der Waals surface area contributed by atoms with Gasteiger partial charge in [0, 0.05) is 61.4 Å². The first-order valence-electron chi connectivity index (χ1n) is 12.4. The van der Waals surface area contributed by atoms with Gasteiger partial charge in [0.15, 0.2) is 5.82 Å². The molecule has 0 aliphatic carbocycles. The Morgan fingerprint density at radius 2 is 1.82 bits per heavy atom. The van der Waals surface area contributed by atoms with E-state index in [9.17, 15) is 9.59 Å². The molecule has 0 bridgehead atoms. The maximum absolute atomic E-state index is 16.4. The monoisotopic (exact) mass is 526 g/mol. The quantitative estimate of drug-likeness (QED) is 0.441. The number of anilines is 1. The molecule has 3 heterocycles. The summed E-state index contributed by atoms with van der Waals surface area (Å²) >= 11 is 0. The van der Waals surface area contributed by atoms with E-state index < -0.39 is 52.5 Å². The Balaban J connectivity index is 2.00. The van der Waals surface area contributed by atoms with E-state index in [-0.39, 0.29) is 22.5 Å². The fraction of sp³-hybridized carbons (Fsp3) is 0.357. The minimum atomic E-state index is -1.14. The van der Waals surface area contributed by atoms with Crippen LogP contribution in [0.15, 0.2) is 36.7 Å². The largest absolute Gasteiger partial charge is 0.373 e. The second kappa shape index (κ2) is 11.3. The summed E-state index contributed by atoms with van der Waals surface area (Å²) in [6, 6.07) is 5.10. The molecule has 1 unspecified atom stereocenters. The van der Waals surface area contributed by atoms with Crippen LogP contribution in [0.4, 0.5) is 18.9 Å². The molecular formula is C28H29F3N4O3. The molecule has 2 amide bonds. The minimum absolute atomic E-state index is 0.00360. The topological polar surface area (TPSA) is 84.4 Å². The Bertz CT molecular complexity index is 1330. The van der Waals surface area contributed by atoms with Gasteiger partial charge >= 0.3 is 0 Å². The average molecular weight is 527 g/mol. The zero-order valence-electron chi connectivity index (χ0n) is 21.6. The number of ether oxygens (including phenoxy) is 1. The molecule has 0 saturated carbocycles. The van der Waals surface area contributed by atoms with Crippen LogP contribution in [0.1, 0.15) is 55.3 Å². The van der Waals surface area contributed by atoms with Gasteiger partial charge in [-0.15, -0.1) is 0 Å². The molecule has 38 heavy (non-hydrogen) atoms. The van der Waals surface area contributed by atoms with Crippen LogP contribution in [0.5, 0.6) is 0 Å². The number of rotatable bonds is 6. The van der Waals surface area contributed by atoms with Gasteiger partial charge in [0.2, 0.25) is 5.91 Å². The SMILES string of the molecule is CC(C)C(=O)Nc1cc(F)c(-c2nc(C(=O)N(C)C)c(-c3cccnc3)c(C3CCCCO3)c2F)c(F)c1. The summed E-state index contributed by atoms with van der Waals surface area (Å²) in [5, 5.41) is 2.43. The van der Waals surface area contributed by atoms with Gasteiger partial charge in [0.05, 0.1) is 11.7 Å². The van der Waals surface area contributed by atoms with Crippen LogP contribution in [-0.2, 0) is 9.53 Å². The summed E-state index contributed by atoms with van der Waals surface area (Å²) in [5.41, 5.74) is -1.09. The third-order valence-corrected chi connectivity index (χ3v) is 6.31. The van der Waals surface area contributed by atoms with Crippen LogP contribution >= 0.6 is 0 Å². The molecule has 0 spiro atoms. The minimum Gasteiger partial charge on any atom is -0.373 e. The molecule has 1 N–H and O–H groups in total. The molecule has 1 saturated heterocycles. The van der Waals surface area contributed by atoms with Gasteiger partial charge in [0.1, 0.15) is 23.0 Å². The lowest BCUT2D eigenvalue weighted by atomic mass is 9.89. The highest BCUT2D eigenvalue weighted by Crippen LogP contribution is 2.42. The predicted octanol–water partition coefficient (Wildman–Crippen LogP) is 5.77. The molecule has 1 aliphatic heterocycles. The highest BCUT2D eigenvalue weighted by Gasteiger charge is 2.33. The fourth-order valence-corrected chi connectivity index (χ4v) is 4.35. The van der Waals surface area contributed by atoms with Gasteiger partial charge in [-0.3, -0.25) is 14.6 Å². The zero-order valence-corrected chi connectivity index (χ0v) is 21.6. The molecule has 1 aromatic carbocycles. The second-order valence-electron chi connectivity index (χ2n) is 9.67. The van der Waals surface area contributed by atoms with Crippen molar-refractivity contribution in [3.63, 3.8) is 0 Å². The van der Waals surface area contributed by atoms with Crippen LogP contribution in [0.25, 0.3) is 22.4 Å². The second-order valence-corrected chi connectivity index (χ2v) is 9.67. The Morgan fingerprint density at radius 3 is 2.37 bits per heavy atom. The normalized spacial score (nSPS) is 15.4. The lowest BCUT2D eigenvalue weighted by Gasteiger charge is -2.28. The van der Waals surface area contributed by atoms with Crippen molar-refractivity contribution < 1.29 is 27.5 Å². The molecule has 200 valence electrons. The Hall–Kier alpha value is -3.79. The predicted molar refractivity (Wildman–Crippen MR) is 137 cm³/mol. The highest BCUT2D eigenvalue weighted by atomic mass is 19.1. The molecule has 1 atom stereocenters. The van der Waals surface area contributed by atoms with E-state index >= 15 is 13.2 Å². The number of pyridine rings is 2. The molecule has 4 rings (SSSR count). The smallest absolute Gasteiger partial charge is 0.272 e. The first kappa shape index (κ1) is 27.3. The number of nitrogens with one attached hydrogen (secondary N) is 1. The number of nitrogens with zero attached hydrogens (tertiary/aromatic N) is 3. The maximum atomic E-state index is 16.4. The maximum Gasteiger partial charge on any atom is 0.272 e. The molecule has 7 nitrogen and oxygen atoms in total.